The molecule has 2 saturated heterocycles. The van der Waals surface area contributed by atoms with Crippen LogP contribution in [0.5, 0.6) is 0 Å². The highest BCUT2D eigenvalue weighted by atomic mass is 35.5. The molecule has 2 aliphatic rings. The number of halogens is 1. The number of hydrogen-bond donors (Lipinski definition) is 0. The van der Waals surface area contributed by atoms with E-state index in [9.17, 15) is 18.0 Å². The van der Waals surface area contributed by atoms with Gasteiger partial charge in [-0.1, -0.05) is 29.8 Å². The summed E-state index contributed by atoms with van der Waals surface area (Å²) in [4.78, 5) is 29.0. The van der Waals surface area contributed by atoms with Crippen molar-refractivity contribution in [2.45, 2.75) is 24.3 Å². The molecule has 0 bridgehead atoms. The van der Waals surface area contributed by atoms with Gasteiger partial charge in [-0.3, -0.25) is 14.5 Å². The minimum atomic E-state index is -3.62. The second kappa shape index (κ2) is 8.11. The zero-order valence-corrected chi connectivity index (χ0v) is 18.1. The molecule has 0 saturated carbocycles. The van der Waals surface area contributed by atoms with E-state index in [1.165, 1.54) is 21.3 Å². The van der Waals surface area contributed by atoms with Crippen molar-refractivity contribution < 1.29 is 18.0 Å². The van der Waals surface area contributed by atoms with E-state index in [-0.39, 0.29) is 36.2 Å². The van der Waals surface area contributed by atoms with Crippen LogP contribution in [-0.4, -0.2) is 61.7 Å². The maximum atomic E-state index is 13.0. The SMILES string of the molecule is Cc1ccccc1N1C(=O)CC(N2CCN(S(=O)(=O)c3ccc(Cl)cc3)CC2)C1=O. The fourth-order valence-electron chi connectivity index (χ4n) is 3.98. The average molecular weight is 448 g/mol. The van der Waals surface area contributed by atoms with Gasteiger partial charge in [-0.05, 0) is 42.8 Å². The third-order valence-corrected chi connectivity index (χ3v) is 7.81. The highest BCUT2D eigenvalue weighted by Crippen LogP contribution is 2.29. The fourth-order valence-corrected chi connectivity index (χ4v) is 5.53. The number of carbonyl (C=O) groups is 2. The quantitative estimate of drug-likeness (QED) is 0.672. The molecule has 0 N–H and O–H groups in total. The highest BCUT2D eigenvalue weighted by molar-refractivity contribution is 7.89. The standard InChI is InChI=1S/C21H22ClN3O4S/c1-15-4-2-3-5-18(15)25-20(26)14-19(21(25)27)23-10-12-24(13-11-23)30(28,29)17-8-6-16(22)7-9-17/h2-9,19H,10-14H2,1H3. The molecule has 9 heteroatoms. The molecular weight excluding hydrogens is 426 g/mol. The molecule has 0 spiro atoms. The summed E-state index contributed by atoms with van der Waals surface area (Å²) in [6, 6.07) is 12.8. The average Bonchev–Trinajstić information content (AvgIpc) is 3.03. The van der Waals surface area contributed by atoms with Crippen molar-refractivity contribution in [2.75, 3.05) is 31.1 Å². The molecule has 2 fully saturated rings. The number of amides is 2. The number of rotatable bonds is 4. The number of nitrogens with zero attached hydrogens (tertiary/aromatic N) is 3. The lowest BCUT2D eigenvalue weighted by molar-refractivity contribution is -0.123. The maximum absolute atomic E-state index is 13.0. The molecule has 0 radical (unpaired) electrons. The van der Waals surface area contributed by atoms with Crippen LogP contribution in [0.3, 0.4) is 0 Å². The molecule has 2 aromatic rings. The van der Waals surface area contributed by atoms with Gasteiger partial charge in [-0.25, -0.2) is 13.3 Å². The van der Waals surface area contributed by atoms with Gasteiger partial charge in [0.1, 0.15) is 0 Å². The van der Waals surface area contributed by atoms with Crippen LogP contribution in [0.25, 0.3) is 0 Å². The van der Waals surface area contributed by atoms with E-state index in [4.69, 9.17) is 11.6 Å². The number of sulfonamides is 1. The molecule has 2 amide bonds. The topological polar surface area (TPSA) is 78.0 Å². The van der Waals surface area contributed by atoms with Crippen LogP contribution in [-0.2, 0) is 19.6 Å². The summed E-state index contributed by atoms with van der Waals surface area (Å²) >= 11 is 5.85. The molecule has 1 atom stereocenters. The van der Waals surface area contributed by atoms with Gasteiger partial charge in [0.25, 0.3) is 5.91 Å². The van der Waals surface area contributed by atoms with Crippen molar-refractivity contribution in [1.82, 2.24) is 9.21 Å². The molecule has 4 rings (SSSR count). The van der Waals surface area contributed by atoms with Crippen molar-refractivity contribution in [2.24, 2.45) is 0 Å². The van der Waals surface area contributed by atoms with Crippen molar-refractivity contribution in [3.05, 3.63) is 59.1 Å². The van der Waals surface area contributed by atoms with Crippen molar-refractivity contribution >= 4 is 39.1 Å². The summed E-state index contributed by atoms with van der Waals surface area (Å²) in [5.41, 5.74) is 1.47. The molecule has 2 aliphatic heterocycles. The Bertz CT molecular complexity index is 1080. The Morgan fingerprint density at radius 2 is 1.57 bits per heavy atom. The molecule has 0 aliphatic carbocycles. The Hall–Kier alpha value is -2.26. The zero-order chi connectivity index (χ0) is 21.5. The Balaban J connectivity index is 1.46. The van der Waals surface area contributed by atoms with Crippen LogP contribution >= 0.6 is 11.6 Å². The number of benzene rings is 2. The maximum Gasteiger partial charge on any atom is 0.251 e. The number of aryl methyl sites for hydroxylation is 1. The molecule has 158 valence electrons. The predicted molar refractivity (Wildman–Crippen MR) is 114 cm³/mol. The zero-order valence-electron chi connectivity index (χ0n) is 16.5. The molecular formula is C21H22ClN3O4S. The van der Waals surface area contributed by atoms with Crippen molar-refractivity contribution in [3.8, 4) is 0 Å². The van der Waals surface area contributed by atoms with Crippen LogP contribution < -0.4 is 4.90 Å². The molecule has 0 aromatic heterocycles. The molecule has 2 heterocycles. The smallest absolute Gasteiger partial charge is 0.251 e. The van der Waals surface area contributed by atoms with Gasteiger partial charge in [0.2, 0.25) is 15.9 Å². The highest BCUT2D eigenvalue weighted by Gasteiger charge is 2.44. The monoisotopic (exact) mass is 447 g/mol. The first-order chi connectivity index (χ1) is 14.3. The van der Waals surface area contributed by atoms with Gasteiger partial charge in [0, 0.05) is 31.2 Å². The van der Waals surface area contributed by atoms with E-state index < -0.39 is 16.1 Å². The molecule has 30 heavy (non-hydrogen) atoms. The second-order valence-electron chi connectivity index (χ2n) is 7.47. The Morgan fingerprint density at radius 1 is 0.933 bits per heavy atom. The first-order valence-electron chi connectivity index (χ1n) is 9.71. The van der Waals surface area contributed by atoms with Crippen LogP contribution in [0.15, 0.2) is 53.4 Å². The Morgan fingerprint density at radius 3 is 2.20 bits per heavy atom. The number of carbonyl (C=O) groups excluding carboxylic acids is 2. The largest absolute Gasteiger partial charge is 0.289 e. The third kappa shape index (κ3) is 3.76. The summed E-state index contributed by atoms with van der Waals surface area (Å²) in [6.45, 7) is 3.15. The van der Waals surface area contributed by atoms with E-state index in [1.807, 2.05) is 24.0 Å². The van der Waals surface area contributed by atoms with E-state index in [0.717, 1.165) is 5.56 Å². The lowest BCUT2D eigenvalue weighted by Crippen LogP contribution is -2.53. The number of piperazine rings is 1. The number of hydrogen-bond acceptors (Lipinski definition) is 5. The van der Waals surface area contributed by atoms with Gasteiger partial charge in [-0.2, -0.15) is 4.31 Å². The van der Waals surface area contributed by atoms with Crippen LogP contribution in [0.2, 0.25) is 5.02 Å². The minimum absolute atomic E-state index is 0.108. The van der Waals surface area contributed by atoms with Crippen LogP contribution in [0, 0.1) is 6.92 Å². The first kappa shape index (κ1) is 21.0. The molecule has 1 unspecified atom stereocenters. The van der Waals surface area contributed by atoms with E-state index in [0.29, 0.717) is 23.8 Å². The normalized spacial score (nSPS) is 21.4. The van der Waals surface area contributed by atoms with Gasteiger partial charge in [0.15, 0.2) is 0 Å². The van der Waals surface area contributed by atoms with Gasteiger partial charge in [-0.15, -0.1) is 0 Å². The number of imide groups is 1. The number of para-hydroxylation sites is 1. The predicted octanol–water partition coefficient (Wildman–Crippen LogP) is 2.29. The van der Waals surface area contributed by atoms with E-state index in [2.05, 4.69) is 0 Å². The van der Waals surface area contributed by atoms with Gasteiger partial charge in [0.05, 0.1) is 23.0 Å². The summed E-state index contributed by atoms with van der Waals surface area (Å²) in [5, 5.41) is 0.474. The molecule has 2 aromatic carbocycles. The van der Waals surface area contributed by atoms with Gasteiger partial charge < -0.3 is 0 Å². The van der Waals surface area contributed by atoms with Crippen LogP contribution in [0.1, 0.15) is 12.0 Å². The Labute approximate surface area is 180 Å². The Kier molecular flexibility index (Phi) is 5.67. The third-order valence-electron chi connectivity index (χ3n) is 5.64. The summed E-state index contributed by atoms with van der Waals surface area (Å²) in [5.74, 6) is -0.473. The lowest BCUT2D eigenvalue weighted by atomic mass is 10.1. The van der Waals surface area contributed by atoms with Crippen molar-refractivity contribution in [1.29, 1.82) is 0 Å². The molecule has 7 nitrogen and oxygen atoms in total. The summed E-state index contributed by atoms with van der Waals surface area (Å²) in [6.07, 6.45) is 0.108. The van der Waals surface area contributed by atoms with Crippen molar-refractivity contribution in [3.63, 3.8) is 0 Å². The lowest BCUT2D eigenvalue weighted by Gasteiger charge is -2.36. The number of anilines is 1. The van der Waals surface area contributed by atoms with Crippen LogP contribution in [0.4, 0.5) is 5.69 Å². The second-order valence-corrected chi connectivity index (χ2v) is 9.84. The van der Waals surface area contributed by atoms with Gasteiger partial charge >= 0.3 is 0 Å². The summed E-state index contributed by atoms with van der Waals surface area (Å²) in [7, 11) is -3.62. The first-order valence-corrected chi connectivity index (χ1v) is 11.5. The van der Waals surface area contributed by atoms with E-state index in [1.54, 1.807) is 24.3 Å². The summed E-state index contributed by atoms with van der Waals surface area (Å²) < 4.78 is 27.1. The minimum Gasteiger partial charge on any atom is -0.289 e. The fraction of sp³-hybridized carbons (Fsp3) is 0.333. The van der Waals surface area contributed by atoms with E-state index >= 15 is 0 Å².